The van der Waals surface area contributed by atoms with Crippen molar-refractivity contribution in [1.29, 1.82) is 0 Å². The predicted molar refractivity (Wildman–Crippen MR) is 76.2 cm³/mol. The lowest BCUT2D eigenvalue weighted by Gasteiger charge is -2.07. The van der Waals surface area contributed by atoms with Crippen LogP contribution in [0.25, 0.3) is 10.9 Å². The van der Waals surface area contributed by atoms with Gasteiger partial charge in [0.2, 0.25) is 0 Å². The van der Waals surface area contributed by atoms with Crippen LogP contribution in [0.2, 0.25) is 0 Å². The molecule has 3 aromatic rings. The molecular weight excluding hydrogens is 254 g/mol. The van der Waals surface area contributed by atoms with E-state index in [1.807, 2.05) is 30.3 Å². The van der Waals surface area contributed by atoms with Crippen molar-refractivity contribution in [3.05, 3.63) is 60.4 Å². The van der Waals surface area contributed by atoms with Crippen LogP contribution in [0.15, 0.2) is 54.9 Å². The topological polar surface area (TPSA) is 75.1 Å². The van der Waals surface area contributed by atoms with Crippen molar-refractivity contribution in [2.24, 2.45) is 0 Å². The summed E-state index contributed by atoms with van der Waals surface area (Å²) in [5, 5.41) is 13.0. The number of hydrogen-bond donors (Lipinski definition) is 2. The van der Waals surface area contributed by atoms with Gasteiger partial charge in [0.25, 0.3) is 0 Å². The number of fused-ring (bicyclic) bond motifs is 1. The molecule has 0 saturated heterocycles. The Kier molecular flexibility index (Phi) is 3.01. The molecule has 1 aromatic carbocycles. The van der Waals surface area contributed by atoms with E-state index in [0.717, 1.165) is 16.6 Å². The van der Waals surface area contributed by atoms with Gasteiger partial charge in [0.15, 0.2) is 0 Å². The second kappa shape index (κ2) is 4.97. The van der Waals surface area contributed by atoms with Crippen LogP contribution in [-0.2, 0) is 0 Å². The number of nitrogens with zero attached hydrogens (tertiary/aromatic N) is 2. The quantitative estimate of drug-likeness (QED) is 0.761. The molecule has 0 atom stereocenters. The highest BCUT2D eigenvalue weighted by molar-refractivity contribution is 5.89. The molecule has 0 spiro atoms. The third kappa shape index (κ3) is 2.42. The highest BCUT2D eigenvalue weighted by Gasteiger charge is 2.04. The lowest BCUT2D eigenvalue weighted by molar-refractivity contribution is 0.0697. The second-order valence-electron chi connectivity index (χ2n) is 4.27. The van der Waals surface area contributed by atoms with Crippen LogP contribution < -0.4 is 5.32 Å². The molecule has 0 fully saturated rings. The molecule has 5 heteroatoms. The van der Waals surface area contributed by atoms with Gasteiger partial charge in [0.05, 0.1) is 11.1 Å². The molecule has 98 valence electrons. The maximum Gasteiger partial charge on any atom is 0.335 e. The molecule has 0 saturated carbocycles. The number of carboxylic acids is 1. The molecule has 0 aliphatic rings. The fourth-order valence-electron chi connectivity index (χ4n) is 1.93. The standard InChI is InChI=1S/C15H11N3O2/c19-15(20)11-5-7-17-14(9-11)18-12-3-4-13-10(8-12)2-1-6-16-13/h1-9H,(H,17,18)(H,19,20). The molecule has 20 heavy (non-hydrogen) atoms. The Labute approximate surface area is 114 Å². The number of pyridine rings is 2. The van der Waals surface area contributed by atoms with Crippen LogP contribution in [0.3, 0.4) is 0 Å². The Bertz CT molecular complexity index is 787. The number of rotatable bonds is 3. The predicted octanol–water partition coefficient (Wildman–Crippen LogP) is 3.07. The summed E-state index contributed by atoms with van der Waals surface area (Å²) >= 11 is 0. The minimum atomic E-state index is -0.974. The van der Waals surface area contributed by atoms with E-state index < -0.39 is 5.97 Å². The Morgan fingerprint density at radius 1 is 1.05 bits per heavy atom. The van der Waals surface area contributed by atoms with Crippen LogP contribution >= 0.6 is 0 Å². The zero-order chi connectivity index (χ0) is 13.9. The van der Waals surface area contributed by atoms with E-state index in [4.69, 9.17) is 5.11 Å². The molecule has 0 radical (unpaired) electrons. The molecule has 2 N–H and O–H groups in total. The van der Waals surface area contributed by atoms with Gasteiger partial charge in [-0.05, 0) is 36.4 Å². The summed E-state index contributed by atoms with van der Waals surface area (Å²) in [6.07, 6.45) is 3.21. The Hall–Kier alpha value is -2.95. The third-order valence-electron chi connectivity index (χ3n) is 2.88. The van der Waals surface area contributed by atoms with Crippen molar-refractivity contribution in [2.45, 2.75) is 0 Å². The van der Waals surface area contributed by atoms with Crippen molar-refractivity contribution < 1.29 is 9.90 Å². The number of aromatic nitrogens is 2. The van der Waals surface area contributed by atoms with Gasteiger partial charge in [-0.2, -0.15) is 0 Å². The van der Waals surface area contributed by atoms with Crippen LogP contribution in [0.1, 0.15) is 10.4 Å². The van der Waals surface area contributed by atoms with Gasteiger partial charge in [-0.25, -0.2) is 9.78 Å². The van der Waals surface area contributed by atoms with Crippen molar-refractivity contribution >= 4 is 28.4 Å². The van der Waals surface area contributed by atoms with Gasteiger partial charge in [0, 0.05) is 23.5 Å². The SMILES string of the molecule is O=C(O)c1ccnc(Nc2ccc3ncccc3c2)c1. The average molecular weight is 265 g/mol. The number of nitrogens with one attached hydrogen (secondary N) is 1. The van der Waals surface area contributed by atoms with E-state index in [-0.39, 0.29) is 5.56 Å². The van der Waals surface area contributed by atoms with Gasteiger partial charge in [-0.3, -0.25) is 4.98 Å². The highest BCUT2D eigenvalue weighted by Crippen LogP contribution is 2.20. The third-order valence-corrected chi connectivity index (χ3v) is 2.88. The summed E-state index contributed by atoms with van der Waals surface area (Å²) in [5.74, 6) is -0.480. The molecular formula is C15H11N3O2. The van der Waals surface area contributed by atoms with Gasteiger partial charge in [0.1, 0.15) is 5.82 Å². The van der Waals surface area contributed by atoms with Crippen molar-refractivity contribution in [1.82, 2.24) is 9.97 Å². The van der Waals surface area contributed by atoms with Gasteiger partial charge in [-0.15, -0.1) is 0 Å². The lowest BCUT2D eigenvalue weighted by Crippen LogP contribution is -1.99. The first-order chi connectivity index (χ1) is 9.72. The normalized spacial score (nSPS) is 10.4. The van der Waals surface area contributed by atoms with Gasteiger partial charge < -0.3 is 10.4 Å². The largest absolute Gasteiger partial charge is 0.478 e. The van der Waals surface area contributed by atoms with E-state index >= 15 is 0 Å². The van der Waals surface area contributed by atoms with Crippen LogP contribution in [-0.4, -0.2) is 21.0 Å². The van der Waals surface area contributed by atoms with Crippen LogP contribution in [0.4, 0.5) is 11.5 Å². The van der Waals surface area contributed by atoms with Crippen molar-refractivity contribution in [3.8, 4) is 0 Å². The van der Waals surface area contributed by atoms with Crippen LogP contribution in [0.5, 0.6) is 0 Å². The number of aromatic carboxylic acids is 1. The fraction of sp³-hybridized carbons (Fsp3) is 0. The molecule has 0 aliphatic heterocycles. The van der Waals surface area contributed by atoms with Crippen LogP contribution in [0, 0.1) is 0 Å². The van der Waals surface area contributed by atoms with Crippen molar-refractivity contribution in [3.63, 3.8) is 0 Å². The summed E-state index contributed by atoms with van der Waals surface area (Å²) in [6, 6.07) is 12.5. The number of benzene rings is 1. The molecule has 0 amide bonds. The van der Waals surface area contributed by atoms with E-state index in [1.165, 1.54) is 18.3 Å². The second-order valence-corrected chi connectivity index (χ2v) is 4.27. The van der Waals surface area contributed by atoms with Gasteiger partial charge >= 0.3 is 5.97 Å². The zero-order valence-electron chi connectivity index (χ0n) is 10.4. The van der Waals surface area contributed by atoms with E-state index in [1.54, 1.807) is 6.20 Å². The summed E-state index contributed by atoms with van der Waals surface area (Å²) in [7, 11) is 0. The number of anilines is 2. The van der Waals surface area contributed by atoms with Crippen molar-refractivity contribution in [2.75, 3.05) is 5.32 Å². The number of carboxylic acid groups (broad SMARTS) is 1. The number of hydrogen-bond acceptors (Lipinski definition) is 4. The average Bonchev–Trinajstić information content (AvgIpc) is 2.47. The minimum absolute atomic E-state index is 0.199. The molecule has 0 unspecified atom stereocenters. The maximum atomic E-state index is 10.9. The first-order valence-electron chi connectivity index (χ1n) is 6.03. The Balaban J connectivity index is 1.92. The molecule has 2 aromatic heterocycles. The first-order valence-corrected chi connectivity index (χ1v) is 6.03. The summed E-state index contributed by atoms with van der Waals surface area (Å²) in [4.78, 5) is 19.3. The summed E-state index contributed by atoms with van der Waals surface area (Å²) < 4.78 is 0. The van der Waals surface area contributed by atoms with Gasteiger partial charge in [-0.1, -0.05) is 6.07 Å². The fourth-order valence-corrected chi connectivity index (χ4v) is 1.93. The molecule has 3 rings (SSSR count). The lowest BCUT2D eigenvalue weighted by atomic mass is 10.2. The molecule has 2 heterocycles. The summed E-state index contributed by atoms with van der Waals surface area (Å²) in [5.41, 5.74) is 1.94. The van der Waals surface area contributed by atoms with E-state index in [0.29, 0.717) is 5.82 Å². The molecule has 5 nitrogen and oxygen atoms in total. The molecule has 0 bridgehead atoms. The highest BCUT2D eigenvalue weighted by atomic mass is 16.4. The van der Waals surface area contributed by atoms with E-state index in [9.17, 15) is 4.79 Å². The Morgan fingerprint density at radius 3 is 2.80 bits per heavy atom. The molecule has 0 aliphatic carbocycles. The minimum Gasteiger partial charge on any atom is -0.478 e. The maximum absolute atomic E-state index is 10.9. The Morgan fingerprint density at radius 2 is 1.95 bits per heavy atom. The first kappa shape index (κ1) is 12.1. The zero-order valence-corrected chi connectivity index (χ0v) is 10.4. The monoisotopic (exact) mass is 265 g/mol. The number of carbonyl (C=O) groups is 1. The van der Waals surface area contributed by atoms with E-state index in [2.05, 4.69) is 15.3 Å². The summed E-state index contributed by atoms with van der Waals surface area (Å²) in [6.45, 7) is 0. The smallest absolute Gasteiger partial charge is 0.335 e.